The van der Waals surface area contributed by atoms with Crippen molar-refractivity contribution in [3.8, 4) is 5.82 Å². The van der Waals surface area contributed by atoms with Gasteiger partial charge in [-0.25, -0.2) is 9.67 Å². The Morgan fingerprint density at radius 1 is 1.38 bits per heavy atom. The predicted octanol–water partition coefficient (Wildman–Crippen LogP) is 2.00. The summed E-state index contributed by atoms with van der Waals surface area (Å²) < 4.78 is 1.73. The molecule has 16 heavy (non-hydrogen) atoms. The van der Waals surface area contributed by atoms with E-state index < -0.39 is 0 Å². The number of hydrogen-bond donors (Lipinski definition) is 1. The van der Waals surface area contributed by atoms with Crippen molar-refractivity contribution >= 4 is 11.6 Å². The van der Waals surface area contributed by atoms with Crippen molar-refractivity contribution in [2.45, 2.75) is 20.4 Å². The van der Waals surface area contributed by atoms with Crippen LogP contribution in [0.1, 0.15) is 17.0 Å². The quantitative estimate of drug-likeness (QED) is 0.868. The fourth-order valence-electron chi connectivity index (χ4n) is 1.51. The topological polar surface area (TPSA) is 56.7 Å². The van der Waals surface area contributed by atoms with Gasteiger partial charge < -0.3 is 5.73 Å². The standard InChI is InChI=1S/C11H13ClN4/c1-7-11(12)8(2)16(15-7)10-4-3-9(5-13)6-14-10/h3-4,6H,5,13H2,1-2H3. The molecule has 0 bridgehead atoms. The van der Waals surface area contributed by atoms with E-state index in [2.05, 4.69) is 10.1 Å². The molecular formula is C11H13ClN4. The number of rotatable bonds is 2. The molecule has 2 N–H and O–H groups in total. The Morgan fingerprint density at radius 3 is 2.56 bits per heavy atom. The normalized spacial score (nSPS) is 10.8. The Labute approximate surface area is 99.1 Å². The van der Waals surface area contributed by atoms with E-state index in [0.29, 0.717) is 11.6 Å². The summed E-state index contributed by atoms with van der Waals surface area (Å²) >= 11 is 6.08. The van der Waals surface area contributed by atoms with Gasteiger partial charge in [0.2, 0.25) is 0 Å². The first kappa shape index (κ1) is 11.1. The summed E-state index contributed by atoms with van der Waals surface area (Å²) in [5.41, 5.74) is 8.21. The summed E-state index contributed by atoms with van der Waals surface area (Å²) in [6, 6.07) is 3.82. The average Bonchev–Trinajstić information content (AvgIpc) is 2.57. The molecule has 0 amide bonds. The molecule has 0 saturated carbocycles. The lowest BCUT2D eigenvalue weighted by atomic mass is 10.3. The smallest absolute Gasteiger partial charge is 0.153 e. The van der Waals surface area contributed by atoms with Crippen LogP contribution in [0, 0.1) is 13.8 Å². The zero-order chi connectivity index (χ0) is 11.7. The molecule has 2 aromatic heterocycles. The molecule has 0 radical (unpaired) electrons. The average molecular weight is 237 g/mol. The molecule has 0 aromatic carbocycles. The summed E-state index contributed by atoms with van der Waals surface area (Å²) in [7, 11) is 0. The summed E-state index contributed by atoms with van der Waals surface area (Å²) in [6.45, 7) is 4.28. The summed E-state index contributed by atoms with van der Waals surface area (Å²) in [6.07, 6.45) is 1.75. The van der Waals surface area contributed by atoms with Gasteiger partial charge in [0.15, 0.2) is 5.82 Å². The molecule has 0 fully saturated rings. The molecule has 4 nitrogen and oxygen atoms in total. The first-order chi connectivity index (χ1) is 7.63. The minimum absolute atomic E-state index is 0.491. The molecule has 0 unspecified atom stereocenters. The molecule has 0 aliphatic heterocycles. The molecule has 0 saturated heterocycles. The van der Waals surface area contributed by atoms with Crippen LogP contribution in [0.15, 0.2) is 18.3 Å². The van der Waals surface area contributed by atoms with Gasteiger partial charge >= 0.3 is 0 Å². The van der Waals surface area contributed by atoms with E-state index in [1.165, 1.54) is 0 Å². The Hall–Kier alpha value is -1.39. The highest BCUT2D eigenvalue weighted by Gasteiger charge is 2.10. The van der Waals surface area contributed by atoms with Crippen LogP contribution in [-0.4, -0.2) is 14.8 Å². The van der Waals surface area contributed by atoms with E-state index in [1.54, 1.807) is 10.9 Å². The van der Waals surface area contributed by atoms with Gasteiger partial charge in [-0.2, -0.15) is 5.10 Å². The maximum Gasteiger partial charge on any atom is 0.153 e. The van der Waals surface area contributed by atoms with Gasteiger partial charge in [0, 0.05) is 12.7 Å². The van der Waals surface area contributed by atoms with Crippen LogP contribution < -0.4 is 5.73 Å². The molecule has 84 valence electrons. The maximum absolute atomic E-state index is 6.08. The minimum Gasteiger partial charge on any atom is -0.326 e. The van der Waals surface area contributed by atoms with Crippen molar-refractivity contribution < 1.29 is 0 Å². The van der Waals surface area contributed by atoms with Crippen LogP contribution in [-0.2, 0) is 6.54 Å². The minimum atomic E-state index is 0.491. The number of nitrogens with two attached hydrogens (primary N) is 1. The monoisotopic (exact) mass is 236 g/mol. The second kappa shape index (κ2) is 4.23. The molecule has 0 aliphatic rings. The number of aromatic nitrogens is 3. The molecule has 2 heterocycles. The van der Waals surface area contributed by atoms with Gasteiger partial charge in [0.25, 0.3) is 0 Å². The maximum atomic E-state index is 6.08. The molecule has 5 heteroatoms. The van der Waals surface area contributed by atoms with Crippen molar-refractivity contribution in [1.82, 2.24) is 14.8 Å². The lowest BCUT2D eigenvalue weighted by molar-refractivity contribution is 0.803. The van der Waals surface area contributed by atoms with Crippen LogP contribution in [0.2, 0.25) is 5.02 Å². The fourth-order valence-corrected chi connectivity index (χ4v) is 1.63. The second-order valence-corrected chi connectivity index (χ2v) is 4.00. The summed E-state index contributed by atoms with van der Waals surface area (Å²) in [5, 5.41) is 5.01. The van der Waals surface area contributed by atoms with Crippen molar-refractivity contribution in [2.75, 3.05) is 0 Å². The molecule has 2 rings (SSSR count). The Balaban J connectivity index is 2.46. The van der Waals surface area contributed by atoms with E-state index in [9.17, 15) is 0 Å². The second-order valence-electron chi connectivity index (χ2n) is 3.63. The molecular weight excluding hydrogens is 224 g/mol. The van der Waals surface area contributed by atoms with Crippen molar-refractivity contribution in [2.24, 2.45) is 5.73 Å². The van der Waals surface area contributed by atoms with Gasteiger partial charge in [-0.15, -0.1) is 0 Å². The van der Waals surface area contributed by atoms with Crippen molar-refractivity contribution in [3.05, 3.63) is 40.3 Å². The van der Waals surface area contributed by atoms with E-state index in [4.69, 9.17) is 17.3 Å². The summed E-state index contributed by atoms with van der Waals surface area (Å²) in [5.74, 6) is 0.754. The lowest BCUT2D eigenvalue weighted by Crippen LogP contribution is -2.03. The number of halogens is 1. The van der Waals surface area contributed by atoms with E-state index in [-0.39, 0.29) is 0 Å². The molecule has 2 aromatic rings. The molecule has 0 aliphatic carbocycles. The van der Waals surface area contributed by atoms with Gasteiger partial charge in [-0.3, -0.25) is 0 Å². The van der Waals surface area contributed by atoms with Gasteiger partial charge in [0.1, 0.15) is 0 Å². The largest absolute Gasteiger partial charge is 0.326 e. The first-order valence-corrected chi connectivity index (χ1v) is 5.38. The third kappa shape index (κ3) is 1.81. The van der Waals surface area contributed by atoms with E-state index in [0.717, 1.165) is 22.8 Å². The number of hydrogen-bond acceptors (Lipinski definition) is 3. The van der Waals surface area contributed by atoms with Gasteiger partial charge in [-0.05, 0) is 25.5 Å². The lowest BCUT2D eigenvalue weighted by Gasteiger charge is -2.03. The number of pyridine rings is 1. The highest BCUT2D eigenvalue weighted by Crippen LogP contribution is 2.21. The van der Waals surface area contributed by atoms with Crippen LogP contribution in [0.25, 0.3) is 5.82 Å². The van der Waals surface area contributed by atoms with Crippen LogP contribution in [0.3, 0.4) is 0 Å². The highest BCUT2D eigenvalue weighted by atomic mass is 35.5. The predicted molar refractivity (Wildman–Crippen MR) is 63.7 cm³/mol. The first-order valence-electron chi connectivity index (χ1n) is 5.00. The SMILES string of the molecule is Cc1nn(-c2ccc(CN)cn2)c(C)c1Cl. The highest BCUT2D eigenvalue weighted by molar-refractivity contribution is 6.31. The van der Waals surface area contributed by atoms with Crippen molar-refractivity contribution in [1.29, 1.82) is 0 Å². The number of nitrogens with zero attached hydrogens (tertiary/aromatic N) is 3. The molecule has 0 atom stereocenters. The summed E-state index contributed by atoms with van der Waals surface area (Å²) in [4.78, 5) is 4.30. The van der Waals surface area contributed by atoms with E-state index >= 15 is 0 Å². The van der Waals surface area contributed by atoms with Crippen LogP contribution in [0.5, 0.6) is 0 Å². The third-order valence-corrected chi connectivity index (χ3v) is 3.01. The fraction of sp³-hybridized carbons (Fsp3) is 0.273. The Bertz CT molecular complexity index is 501. The van der Waals surface area contributed by atoms with E-state index in [1.807, 2.05) is 26.0 Å². The van der Waals surface area contributed by atoms with Crippen molar-refractivity contribution in [3.63, 3.8) is 0 Å². The van der Waals surface area contributed by atoms with Gasteiger partial charge in [-0.1, -0.05) is 17.7 Å². The van der Waals surface area contributed by atoms with Crippen LogP contribution in [0.4, 0.5) is 0 Å². The molecule has 0 spiro atoms. The van der Waals surface area contributed by atoms with Gasteiger partial charge in [0.05, 0.1) is 16.4 Å². The Morgan fingerprint density at radius 2 is 2.12 bits per heavy atom. The third-order valence-electron chi connectivity index (χ3n) is 2.46. The zero-order valence-electron chi connectivity index (χ0n) is 9.24. The van der Waals surface area contributed by atoms with Crippen LogP contribution >= 0.6 is 11.6 Å². The zero-order valence-corrected chi connectivity index (χ0v) is 9.99. The number of aryl methyl sites for hydroxylation is 1. The Kier molecular flexibility index (Phi) is 2.94.